The van der Waals surface area contributed by atoms with E-state index < -0.39 is 6.04 Å². The first-order valence-corrected chi connectivity index (χ1v) is 18.0. The van der Waals surface area contributed by atoms with Gasteiger partial charge in [0.15, 0.2) is 0 Å². The number of rotatable bonds is 4. The largest absolute Gasteiger partial charge is 0.291 e. The molecule has 0 fully saturated rings. The van der Waals surface area contributed by atoms with Crippen LogP contribution in [0.4, 0.5) is 0 Å². The second-order valence-electron chi connectivity index (χ2n) is 11.5. The monoisotopic (exact) mass is 610 g/mol. The van der Waals surface area contributed by atoms with Crippen molar-refractivity contribution in [2.24, 2.45) is 0 Å². The molecule has 0 saturated carbocycles. The summed E-state index contributed by atoms with van der Waals surface area (Å²) < 4.78 is 2.35. The number of para-hydroxylation sites is 3. The molecular formula is C41H27N2PS. The van der Waals surface area contributed by atoms with Gasteiger partial charge >= 0.3 is 0 Å². The summed E-state index contributed by atoms with van der Waals surface area (Å²) in [6.07, 6.45) is 0. The van der Waals surface area contributed by atoms with Crippen LogP contribution in [0.3, 0.4) is 0 Å². The van der Waals surface area contributed by atoms with E-state index in [0.29, 0.717) is 0 Å². The molecule has 212 valence electrons. The van der Waals surface area contributed by atoms with Crippen LogP contribution in [0.2, 0.25) is 0 Å². The smallest absolute Gasteiger partial charge is 0.146 e. The van der Waals surface area contributed by atoms with Crippen molar-refractivity contribution in [2.45, 2.75) is 0 Å². The molecule has 2 heterocycles. The summed E-state index contributed by atoms with van der Waals surface area (Å²) in [6, 6.07) is 56.4. The highest BCUT2D eigenvalue weighted by molar-refractivity contribution is 8.25. The maximum absolute atomic E-state index is 6.64. The van der Waals surface area contributed by atoms with Crippen LogP contribution in [0.15, 0.2) is 164 Å². The lowest BCUT2D eigenvalue weighted by Crippen LogP contribution is -2.24. The summed E-state index contributed by atoms with van der Waals surface area (Å²) in [7, 11) is 0. The fraction of sp³-hybridized carbons (Fsp3) is 0. The minimum Gasteiger partial charge on any atom is -0.291 e. The molecule has 0 radical (unpaired) electrons. The van der Waals surface area contributed by atoms with E-state index in [0.717, 1.165) is 22.1 Å². The van der Waals surface area contributed by atoms with Crippen molar-refractivity contribution < 1.29 is 0 Å². The maximum atomic E-state index is 6.64. The van der Waals surface area contributed by atoms with Crippen LogP contribution >= 0.6 is 6.04 Å². The van der Waals surface area contributed by atoms with Crippen LogP contribution in [-0.2, 0) is 11.8 Å². The molecule has 4 heteroatoms. The molecule has 0 N–H and O–H groups in total. The molecule has 0 aliphatic rings. The molecular weight excluding hydrogens is 584 g/mol. The first kappa shape index (κ1) is 26.3. The molecule has 7 aromatic carbocycles. The molecule has 9 rings (SSSR count). The average molecular weight is 611 g/mol. The Kier molecular flexibility index (Phi) is 5.99. The predicted octanol–water partition coefficient (Wildman–Crippen LogP) is 9.37. The van der Waals surface area contributed by atoms with Gasteiger partial charge in [0, 0.05) is 22.4 Å². The van der Waals surface area contributed by atoms with Crippen molar-refractivity contribution in [1.29, 1.82) is 0 Å². The van der Waals surface area contributed by atoms with Gasteiger partial charge in [0.1, 0.15) is 5.65 Å². The first-order valence-electron chi connectivity index (χ1n) is 15.2. The Morgan fingerprint density at radius 3 is 1.89 bits per heavy atom. The third kappa shape index (κ3) is 4.02. The molecule has 2 aromatic heterocycles. The van der Waals surface area contributed by atoms with E-state index in [1.165, 1.54) is 54.1 Å². The lowest BCUT2D eigenvalue weighted by atomic mass is 9.96. The number of imidazole rings is 1. The third-order valence-corrected chi connectivity index (χ3v) is 14.0. The highest BCUT2D eigenvalue weighted by atomic mass is 32.4. The molecule has 0 amide bonds. The number of hydrogen-bond donors (Lipinski definition) is 0. The number of pyridine rings is 1. The molecule has 0 saturated heterocycles. The van der Waals surface area contributed by atoms with Crippen LogP contribution < -0.4 is 15.9 Å². The van der Waals surface area contributed by atoms with E-state index >= 15 is 0 Å². The number of hydrogen-bond acceptors (Lipinski definition) is 2. The summed E-state index contributed by atoms with van der Waals surface area (Å²) >= 11 is 6.64. The summed E-state index contributed by atoms with van der Waals surface area (Å²) in [4.78, 5) is 5.12. The van der Waals surface area contributed by atoms with Gasteiger partial charge in [-0.05, 0) is 61.9 Å². The van der Waals surface area contributed by atoms with Crippen LogP contribution in [0.25, 0.3) is 60.3 Å². The zero-order valence-electron chi connectivity index (χ0n) is 24.3. The van der Waals surface area contributed by atoms with Crippen LogP contribution in [0, 0.1) is 0 Å². The van der Waals surface area contributed by atoms with Crippen LogP contribution in [0.1, 0.15) is 0 Å². The Morgan fingerprint density at radius 1 is 0.489 bits per heavy atom. The Bertz CT molecular complexity index is 2580. The topological polar surface area (TPSA) is 17.3 Å². The van der Waals surface area contributed by atoms with Gasteiger partial charge in [-0.3, -0.25) is 4.40 Å². The van der Waals surface area contributed by atoms with Crippen molar-refractivity contribution in [3.8, 4) is 11.1 Å². The SMILES string of the molecule is S=P(c1ccccc1)(c1ccccc1)c1ccc2cc(-c3cccc4c5ccccc5c5nc6ccccc6n5c34)ccc2c1. The standard InChI is InChI=1S/C41H27N2PS/c45-44(31-12-3-1-4-13-31,32-14-5-2-6-15-32)33-25-24-28-26-30(23-22-29(28)27-33)34-18-11-19-36-35-16-7-8-17-37(35)41-42-38-20-9-10-21-39(38)43(41)40(34)36/h1-27H. The number of benzene rings is 7. The number of nitrogens with zero attached hydrogens (tertiary/aromatic N) is 2. The lowest BCUT2D eigenvalue weighted by molar-refractivity contribution is 1.31. The molecule has 0 bridgehead atoms. The second kappa shape index (κ2) is 10.2. The van der Waals surface area contributed by atoms with E-state index in [9.17, 15) is 0 Å². The average Bonchev–Trinajstić information content (AvgIpc) is 3.51. The molecule has 0 atom stereocenters. The normalized spacial score (nSPS) is 12.1. The zero-order valence-corrected chi connectivity index (χ0v) is 26.0. The summed E-state index contributed by atoms with van der Waals surface area (Å²) in [5.41, 5.74) is 6.67. The fourth-order valence-corrected chi connectivity index (χ4v) is 10.7. The summed E-state index contributed by atoms with van der Waals surface area (Å²) in [5.74, 6) is 0. The Hall–Kier alpha value is -5.08. The van der Waals surface area contributed by atoms with Gasteiger partial charge in [-0.2, -0.15) is 0 Å². The highest BCUT2D eigenvalue weighted by Gasteiger charge is 2.25. The maximum Gasteiger partial charge on any atom is 0.146 e. The van der Waals surface area contributed by atoms with Gasteiger partial charge in [0.25, 0.3) is 0 Å². The molecule has 2 nitrogen and oxygen atoms in total. The van der Waals surface area contributed by atoms with E-state index in [4.69, 9.17) is 16.8 Å². The minimum absolute atomic E-state index is 0.991. The van der Waals surface area contributed by atoms with Crippen LogP contribution in [-0.4, -0.2) is 9.38 Å². The fourth-order valence-electron chi connectivity index (χ4n) is 6.90. The van der Waals surface area contributed by atoms with Crippen molar-refractivity contribution in [1.82, 2.24) is 9.38 Å². The van der Waals surface area contributed by atoms with Crippen LogP contribution in [0.5, 0.6) is 0 Å². The summed E-state index contributed by atoms with van der Waals surface area (Å²) in [5, 5.41) is 9.62. The van der Waals surface area contributed by atoms with Crippen molar-refractivity contribution in [2.75, 3.05) is 0 Å². The highest BCUT2D eigenvalue weighted by Crippen LogP contribution is 2.44. The Balaban J connectivity index is 1.27. The quantitative estimate of drug-likeness (QED) is 0.146. The minimum atomic E-state index is -2.23. The first-order chi connectivity index (χ1) is 22.2. The van der Waals surface area contributed by atoms with Crippen molar-refractivity contribution >= 4 is 82.9 Å². The zero-order chi connectivity index (χ0) is 30.0. The Labute approximate surface area is 266 Å². The number of aromatic nitrogens is 2. The molecule has 0 unspecified atom stereocenters. The predicted molar refractivity (Wildman–Crippen MR) is 197 cm³/mol. The molecule has 9 aromatic rings. The van der Waals surface area contributed by atoms with Crippen molar-refractivity contribution in [3.63, 3.8) is 0 Å². The van der Waals surface area contributed by atoms with E-state index in [1.54, 1.807) is 0 Å². The van der Waals surface area contributed by atoms with Gasteiger partial charge in [-0.15, -0.1) is 0 Å². The van der Waals surface area contributed by atoms with Crippen molar-refractivity contribution in [3.05, 3.63) is 164 Å². The summed E-state index contributed by atoms with van der Waals surface area (Å²) in [6.45, 7) is 0. The third-order valence-electron chi connectivity index (χ3n) is 9.02. The van der Waals surface area contributed by atoms with E-state index in [2.05, 4.69) is 168 Å². The van der Waals surface area contributed by atoms with Gasteiger partial charge in [0.05, 0.1) is 16.6 Å². The van der Waals surface area contributed by atoms with Gasteiger partial charge in [-0.25, -0.2) is 4.98 Å². The molecule has 0 spiro atoms. The van der Waals surface area contributed by atoms with Gasteiger partial charge < -0.3 is 0 Å². The van der Waals surface area contributed by atoms with E-state index in [-0.39, 0.29) is 0 Å². The molecule has 0 aliphatic heterocycles. The number of fused-ring (bicyclic) bond motifs is 9. The van der Waals surface area contributed by atoms with Gasteiger partial charge in [-0.1, -0.05) is 151 Å². The molecule has 45 heavy (non-hydrogen) atoms. The lowest BCUT2D eigenvalue weighted by Gasteiger charge is -2.24. The van der Waals surface area contributed by atoms with E-state index in [1.807, 2.05) is 0 Å². The van der Waals surface area contributed by atoms with Gasteiger partial charge in [0.2, 0.25) is 0 Å². The second-order valence-corrected chi connectivity index (χ2v) is 15.9. The molecule has 0 aliphatic carbocycles. The Morgan fingerprint density at radius 2 is 1.11 bits per heavy atom.